The van der Waals surface area contributed by atoms with Crippen LogP contribution in [0, 0.1) is 0 Å². The van der Waals surface area contributed by atoms with Gasteiger partial charge in [-0.05, 0) is 41.5 Å². The molecule has 0 radical (unpaired) electrons. The van der Waals surface area contributed by atoms with Crippen molar-refractivity contribution in [3.63, 3.8) is 0 Å². The lowest BCUT2D eigenvalue weighted by Crippen LogP contribution is -2.06. The van der Waals surface area contributed by atoms with Gasteiger partial charge < -0.3 is 0 Å². The monoisotopic (exact) mass is 716 g/mol. The van der Waals surface area contributed by atoms with E-state index >= 15 is 0 Å². The zero-order chi connectivity index (χ0) is 37.0. The molecule has 4 aromatic heterocycles. The molecule has 262 valence electrons. The van der Waals surface area contributed by atoms with Crippen LogP contribution in [-0.2, 0) is 0 Å². The summed E-state index contributed by atoms with van der Waals surface area (Å²) in [7, 11) is 0. The van der Waals surface area contributed by atoms with Gasteiger partial charge in [0.1, 0.15) is 5.82 Å². The van der Waals surface area contributed by atoms with Crippen molar-refractivity contribution >= 4 is 43.6 Å². The predicted octanol–water partition coefficient (Wildman–Crippen LogP) is 12.1. The summed E-state index contributed by atoms with van der Waals surface area (Å²) in [5.74, 6) is 2.64. The molecule has 0 fully saturated rings. The number of aromatic nitrogens is 6. The average molecular weight is 717 g/mol. The third kappa shape index (κ3) is 5.19. The SMILES string of the molecule is c1ccc(-c2cc(-c3ccccc3)nc(-n3c4ccccc4c4ccc5c(c6ccccc6n5-c5nc(-c6ccccc6)nc(-c6ccccc6)n5)c43)c2)cc1. The van der Waals surface area contributed by atoms with Crippen molar-refractivity contribution in [2.75, 3.05) is 0 Å². The van der Waals surface area contributed by atoms with Gasteiger partial charge in [0.15, 0.2) is 11.6 Å². The highest BCUT2D eigenvalue weighted by molar-refractivity contribution is 6.26. The third-order valence-electron chi connectivity index (χ3n) is 10.6. The van der Waals surface area contributed by atoms with Crippen LogP contribution in [0.4, 0.5) is 0 Å². The van der Waals surface area contributed by atoms with E-state index in [9.17, 15) is 0 Å². The topological polar surface area (TPSA) is 61.4 Å². The van der Waals surface area contributed by atoms with Crippen LogP contribution < -0.4 is 0 Å². The zero-order valence-corrected chi connectivity index (χ0v) is 30.2. The molecule has 4 heterocycles. The van der Waals surface area contributed by atoms with Gasteiger partial charge in [0.25, 0.3) is 0 Å². The van der Waals surface area contributed by atoms with Crippen molar-refractivity contribution in [1.82, 2.24) is 29.1 Å². The smallest absolute Gasteiger partial charge is 0.238 e. The molecule has 0 saturated heterocycles. The number of fused-ring (bicyclic) bond motifs is 7. The second-order valence-corrected chi connectivity index (χ2v) is 13.9. The van der Waals surface area contributed by atoms with Crippen LogP contribution in [0.25, 0.3) is 101 Å². The third-order valence-corrected chi connectivity index (χ3v) is 10.6. The van der Waals surface area contributed by atoms with E-state index in [2.05, 4.69) is 137 Å². The lowest BCUT2D eigenvalue weighted by Gasteiger charge is -2.13. The number of para-hydroxylation sites is 2. The van der Waals surface area contributed by atoms with Gasteiger partial charge in [0.05, 0.1) is 27.8 Å². The molecule has 0 bridgehead atoms. The Bertz CT molecular complexity index is 3110. The molecule has 0 atom stereocenters. The van der Waals surface area contributed by atoms with Crippen molar-refractivity contribution in [2.45, 2.75) is 0 Å². The Labute approximate surface area is 322 Å². The van der Waals surface area contributed by atoms with E-state index < -0.39 is 0 Å². The summed E-state index contributed by atoms with van der Waals surface area (Å²) in [5, 5.41) is 4.51. The van der Waals surface area contributed by atoms with Crippen LogP contribution >= 0.6 is 0 Å². The normalized spacial score (nSPS) is 11.6. The number of nitrogens with zero attached hydrogens (tertiary/aromatic N) is 6. The maximum Gasteiger partial charge on any atom is 0.238 e. The van der Waals surface area contributed by atoms with Crippen molar-refractivity contribution < 1.29 is 0 Å². The number of benzene rings is 7. The number of rotatable bonds is 6. The molecule has 0 aliphatic heterocycles. The highest BCUT2D eigenvalue weighted by Gasteiger charge is 2.23. The molecule has 0 aliphatic carbocycles. The molecule has 0 spiro atoms. The van der Waals surface area contributed by atoms with Crippen molar-refractivity contribution in [3.05, 3.63) is 194 Å². The Kier molecular flexibility index (Phi) is 7.38. The quantitative estimate of drug-likeness (QED) is 0.172. The van der Waals surface area contributed by atoms with Gasteiger partial charge >= 0.3 is 0 Å². The summed E-state index contributed by atoms with van der Waals surface area (Å²) in [5.41, 5.74) is 10.2. The summed E-state index contributed by atoms with van der Waals surface area (Å²) in [6.07, 6.45) is 0. The lowest BCUT2D eigenvalue weighted by molar-refractivity contribution is 0.953. The highest BCUT2D eigenvalue weighted by atomic mass is 15.2. The van der Waals surface area contributed by atoms with Crippen LogP contribution in [-0.4, -0.2) is 29.1 Å². The fraction of sp³-hybridized carbons (Fsp3) is 0. The van der Waals surface area contributed by atoms with Crippen LogP contribution in [0.15, 0.2) is 194 Å². The second-order valence-electron chi connectivity index (χ2n) is 13.9. The summed E-state index contributed by atoms with van der Waals surface area (Å²) in [6, 6.07) is 67.3. The van der Waals surface area contributed by atoms with Gasteiger partial charge in [-0.2, -0.15) is 9.97 Å². The van der Waals surface area contributed by atoms with Crippen LogP contribution in [0.3, 0.4) is 0 Å². The van der Waals surface area contributed by atoms with E-state index in [1.807, 2.05) is 66.7 Å². The van der Waals surface area contributed by atoms with E-state index in [4.69, 9.17) is 19.9 Å². The molecule has 7 aromatic carbocycles. The van der Waals surface area contributed by atoms with Gasteiger partial charge in [0.2, 0.25) is 5.95 Å². The Balaban J connectivity index is 1.25. The Morgan fingerprint density at radius 3 is 1.46 bits per heavy atom. The van der Waals surface area contributed by atoms with Gasteiger partial charge in [-0.15, -0.1) is 0 Å². The molecule has 6 heteroatoms. The first-order valence-electron chi connectivity index (χ1n) is 18.7. The van der Waals surface area contributed by atoms with Crippen molar-refractivity contribution in [1.29, 1.82) is 0 Å². The summed E-state index contributed by atoms with van der Waals surface area (Å²) >= 11 is 0. The molecule has 11 rings (SSSR count). The van der Waals surface area contributed by atoms with E-state index in [0.717, 1.165) is 82.9 Å². The summed E-state index contributed by atoms with van der Waals surface area (Å²) in [4.78, 5) is 20.8. The average Bonchev–Trinajstić information content (AvgIpc) is 3.80. The van der Waals surface area contributed by atoms with Crippen LogP contribution in [0.2, 0.25) is 0 Å². The molecule has 0 amide bonds. The van der Waals surface area contributed by atoms with Gasteiger partial charge in [0, 0.05) is 38.2 Å². The van der Waals surface area contributed by atoms with Gasteiger partial charge in [-0.1, -0.05) is 164 Å². The molecule has 0 unspecified atom stereocenters. The fourth-order valence-electron chi connectivity index (χ4n) is 8.04. The molecule has 56 heavy (non-hydrogen) atoms. The number of hydrogen-bond acceptors (Lipinski definition) is 4. The molecule has 0 saturated carbocycles. The Morgan fingerprint density at radius 2 is 0.839 bits per heavy atom. The maximum atomic E-state index is 5.44. The van der Waals surface area contributed by atoms with E-state index in [0.29, 0.717) is 17.6 Å². The minimum absolute atomic E-state index is 0.557. The maximum absolute atomic E-state index is 5.44. The van der Waals surface area contributed by atoms with Crippen LogP contribution in [0.5, 0.6) is 0 Å². The first kappa shape index (κ1) is 31.8. The lowest BCUT2D eigenvalue weighted by atomic mass is 10.0. The molecule has 0 aliphatic rings. The van der Waals surface area contributed by atoms with Crippen LogP contribution in [0.1, 0.15) is 0 Å². The van der Waals surface area contributed by atoms with E-state index in [-0.39, 0.29) is 0 Å². The van der Waals surface area contributed by atoms with Gasteiger partial charge in [-0.3, -0.25) is 9.13 Å². The van der Waals surface area contributed by atoms with Gasteiger partial charge in [-0.25, -0.2) is 9.97 Å². The molecule has 0 N–H and O–H groups in total. The second kappa shape index (κ2) is 13.0. The fourth-order valence-corrected chi connectivity index (χ4v) is 8.04. The number of pyridine rings is 1. The van der Waals surface area contributed by atoms with E-state index in [1.54, 1.807) is 0 Å². The van der Waals surface area contributed by atoms with Crippen molar-refractivity contribution in [3.8, 4) is 56.9 Å². The molecule has 11 aromatic rings. The van der Waals surface area contributed by atoms with E-state index in [1.165, 1.54) is 0 Å². The Morgan fingerprint density at radius 1 is 0.321 bits per heavy atom. The first-order valence-corrected chi connectivity index (χ1v) is 18.7. The minimum atomic E-state index is 0.557. The first-order chi connectivity index (χ1) is 27.8. The van der Waals surface area contributed by atoms with Crippen molar-refractivity contribution in [2.24, 2.45) is 0 Å². The molecular weight excluding hydrogens is 685 g/mol. The largest absolute Gasteiger partial charge is 0.293 e. The molecular formula is C50H32N6. The Hall–Kier alpha value is -7.70. The molecule has 6 nitrogen and oxygen atoms in total. The zero-order valence-electron chi connectivity index (χ0n) is 30.2. The predicted molar refractivity (Wildman–Crippen MR) is 228 cm³/mol. The highest BCUT2D eigenvalue weighted by Crippen LogP contribution is 2.42. The standard InChI is InChI=1S/C50H32N6/c1-5-17-33(18-6-1)37-31-41(34-19-7-2-8-20-34)51-45(32-37)56-42-27-15-13-25-38(42)39-29-30-44-46(47(39)56)40-26-14-16-28-43(40)55(44)50-53-48(35-21-9-3-10-22-35)52-49(54-50)36-23-11-4-12-24-36/h1-32H. The summed E-state index contributed by atoms with van der Waals surface area (Å²) < 4.78 is 4.54. The summed E-state index contributed by atoms with van der Waals surface area (Å²) in [6.45, 7) is 0. The number of hydrogen-bond donors (Lipinski definition) is 0. The minimum Gasteiger partial charge on any atom is -0.293 e.